The Labute approximate surface area is 160 Å². The summed E-state index contributed by atoms with van der Waals surface area (Å²) in [5.41, 5.74) is 1.96. The van der Waals surface area contributed by atoms with Crippen LogP contribution >= 0.6 is 0 Å². The highest BCUT2D eigenvalue weighted by Crippen LogP contribution is 2.30. The Bertz CT molecular complexity index is 941. The van der Waals surface area contributed by atoms with E-state index in [0.717, 1.165) is 59.8 Å². The van der Waals surface area contributed by atoms with Gasteiger partial charge in [-0.25, -0.2) is 9.97 Å². The van der Waals surface area contributed by atoms with Gasteiger partial charge in [-0.2, -0.15) is 0 Å². The molecule has 3 aromatic heterocycles. The molecular formula is C21H26N6. The molecule has 27 heavy (non-hydrogen) atoms. The Morgan fingerprint density at radius 2 is 1.89 bits per heavy atom. The number of nitrogens with one attached hydrogen (secondary N) is 2. The van der Waals surface area contributed by atoms with Crippen LogP contribution in [0.2, 0.25) is 0 Å². The van der Waals surface area contributed by atoms with Gasteiger partial charge in [0.25, 0.3) is 0 Å². The van der Waals surface area contributed by atoms with Gasteiger partial charge in [-0.1, -0.05) is 0 Å². The molecule has 1 aliphatic heterocycles. The van der Waals surface area contributed by atoms with E-state index in [1.807, 2.05) is 24.7 Å². The smallest absolute Gasteiger partial charge is 0.137 e. The van der Waals surface area contributed by atoms with Gasteiger partial charge in [0, 0.05) is 66.6 Å². The Morgan fingerprint density at radius 3 is 2.67 bits per heavy atom. The molecule has 0 aliphatic carbocycles. The number of anilines is 2. The van der Waals surface area contributed by atoms with Gasteiger partial charge in [0.05, 0.1) is 5.69 Å². The highest BCUT2D eigenvalue weighted by molar-refractivity contribution is 5.94. The summed E-state index contributed by atoms with van der Waals surface area (Å²) in [6.07, 6.45) is 5.60. The van der Waals surface area contributed by atoms with Crippen LogP contribution < -0.4 is 15.5 Å². The van der Waals surface area contributed by atoms with Crippen LogP contribution in [0.1, 0.15) is 20.8 Å². The number of hydrogen-bond donors (Lipinski definition) is 2. The monoisotopic (exact) mass is 362 g/mol. The van der Waals surface area contributed by atoms with Crippen LogP contribution in [0, 0.1) is 0 Å². The summed E-state index contributed by atoms with van der Waals surface area (Å²) in [6.45, 7) is 10.3. The standard InChI is InChI=1S/C21H26N6/c1-21(2,3)26-19-13-15(4-7-24-19)18-12-16-14-23-6-5-17(16)20(25-18)27-10-8-22-9-11-27/h4-7,12-14,22H,8-11H2,1-3H3,(H,24,26). The molecule has 3 aromatic rings. The van der Waals surface area contributed by atoms with E-state index in [4.69, 9.17) is 4.98 Å². The van der Waals surface area contributed by atoms with E-state index in [2.05, 4.69) is 64.5 Å². The minimum atomic E-state index is -0.0433. The van der Waals surface area contributed by atoms with Crippen LogP contribution in [0.15, 0.2) is 42.9 Å². The predicted octanol–water partition coefficient (Wildman–Crippen LogP) is 3.31. The lowest BCUT2D eigenvalue weighted by atomic mass is 10.1. The molecule has 1 aliphatic rings. The largest absolute Gasteiger partial charge is 0.365 e. The number of piperazine rings is 1. The normalized spacial score (nSPS) is 15.1. The van der Waals surface area contributed by atoms with E-state index in [9.17, 15) is 0 Å². The molecule has 1 fully saturated rings. The van der Waals surface area contributed by atoms with Crippen LogP contribution in [-0.4, -0.2) is 46.7 Å². The van der Waals surface area contributed by atoms with Crippen molar-refractivity contribution < 1.29 is 0 Å². The average Bonchev–Trinajstić information content (AvgIpc) is 2.67. The summed E-state index contributed by atoms with van der Waals surface area (Å²) in [5.74, 6) is 1.89. The molecule has 140 valence electrons. The van der Waals surface area contributed by atoms with Gasteiger partial charge in [-0.15, -0.1) is 0 Å². The zero-order valence-electron chi connectivity index (χ0n) is 16.2. The molecule has 2 N–H and O–H groups in total. The number of pyridine rings is 3. The summed E-state index contributed by atoms with van der Waals surface area (Å²) in [6, 6.07) is 8.25. The summed E-state index contributed by atoms with van der Waals surface area (Å²) in [7, 11) is 0. The van der Waals surface area contributed by atoms with E-state index in [0.29, 0.717) is 0 Å². The van der Waals surface area contributed by atoms with Crippen molar-refractivity contribution in [1.29, 1.82) is 0 Å². The number of hydrogen-bond acceptors (Lipinski definition) is 6. The van der Waals surface area contributed by atoms with Crippen molar-refractivity contribution in [3.63, 3.8) is 0 Å². The molecule has 0 unspecified atom stereocenters. The lowest BCUT2D eigenvalue weighted by molar-refractivity contribution is 0.586. The fourth-order valence-corrected chi connectivity index (χ4v) is 3.39. The average molecular weight is 362 g/mol. The van der Waals surface area contributed by atoms with Crippen LogP contribution in [-0.2, 0) is 0 Å². The minimum absolute atomic E-state index is 0.0433. The quantitative estimate of drug-likeness (QED) is 0.745. The first-order valence-corrected chi connectivity index (χ1v) is 9.45. The van der Waals surface area contributed by atoms with Crippen molar-refractivity contribution in [2.24, 2.45) is 0 Å². The third-order valence-corrected chi connectivity index (χ3v) is 4.59. The molecular weight excluding hydrogens is 336 g/mol. The van der Waals surface area contributed by atoms with Crippen molar-refractivity contribution in [2.45, 2.75) is 26.3 Å². The van der Waals surface area contributed by atoms with Crippen molar-refractivity contribution in [3.05, 3.63) is 42.9 Å². The van der Waals surface area contributed by atoms with E-state index < -0.39 is 0 Å². The number of nitrogens with zero attached hydrogens (tertiary/aromatic N) is 4. The van der Waals surface area contributed by atoms with E-state index >= 15 is 0 Å². The van der Waals surface area contributed by atoms with Gasteiger partial charge < -0.3 is 15.5 Å². The number of rotatable bonds is 3. The molecule has 0 radical (unpaired) electrons. The van der Waals surface area contributed by atoms with Gasteiger partial charge >= 0.3 is 0 Å². The molecule has 4 heterocycles. The summed E-state index contributed by atoms with van der Waals surface area (Å²) in [4.78, 5) is 16.2. The summed E-state index contributed by atoms with van der Waals surface area (Å²) < 4.78 is 0. The van der Waals surface area contributed by atoms with Crippen molar-refractivity contribution >= 4 is 22.4 Å². The molecule has 6 heteroatoms. The molecule has 0 bridgehead atoms. The molecule has 0 atom stereocenters. The second kappa shape index (κ2) is 7.12. The van der Waals surface area contributed by atoms with Crippen molar-refractivity contribution in [3.8, 4) is 11.3 Å². The van der Waals surface area contributed by atoms with Crippen molar-refractivity contribution in [1.82, 2.24) is 20.3 Å². The molecule has 0 saturated carbocycles. The number of fused-ring (bicyclic) bond motifs is 1. The molecule has 0 amide bonds. The first-order valence-electron chi connectivity index (χ1n) is 9.45. The SMILES string of the molecule is CC(C)(C)Nc1cc(-c2cc3cnccc3c(N3CCNCC3)n2)ccn1. The fraction of sp³-hybridized carbons (Fsp3) is 0.381. The van der Waals surface area contributed by atoms with Gasteiger partial charge in [0.15, 0.2) is 0 Å². The van der Waals surface area contributed by atoms with Crippen LogP contribution in [0.5, 0.6) is 0 Å². The lowest BCUT2D eigenvalue weighted by Gasteiger charge is -2.29. The molecule has 0 spiro atoms. The minimum Gasteiger partial charge on any atom is -0.365 e. The topological polar surface area (TPSA) is 66.0 Å². The highest BCUT2D eigenvalue weighted by Gasteiger charge is 2.17. The summed E-state index contributed by atoms with van der Waals surface area (Å²) >= 11 is 0. The Hall–Kier alpha value is -2.73. The van der Waals surface area contributed by atoms with Crippen LogP contribution in [0.3, 0.4) is 0 Å². The molecule has 4 rings (SSSR count). The maximum atomic E-state index is 5.05. The second-order valence-electron chi connectivity index (χ2n) is 7.97. The Balaban J connectivity index is 1.79. The maximum Gasteiger partial charge on any atom is 0.137 e. The highest BCUT2D eigenvalue weighted by atomic mass is 15.2. The van der Waals surface area contributed by atoms with Crippen LogP contribution in [0.4, 0.5) is 11.6 Å². The van der Waals surface area contributed by atoms with E-state index in [1.165, 1.54) is 0 Å². The number of aromatic nitrogens is 3. The Morgan fingerprint density at radius 1 is 1.07 bits per heavy atom. The van der Waals surface area contributed by atoms with Crippen LogP contribution in [0.25, 0.3) is 22.0 Å². The third kappa shape index (κ3) is 4.01. The van der Waals surface area contributed by atoms with Gasteiger partial charge in [0.2, 0.25) is 0 Å². The maximum absolute atomic E-state index is 5.05. The van der Waals surface area contributed by atoms with Gasteiger partial charge in [0.1, 0.15) is 11.6 Å². The van der Waals surface area contributed by atoms with Gasteiger partial charge in [-0.3, -0.25) is 4.98 Å². The van der Waals surface area contributed by atoms with Gasteiger partial charge in [-0.05, 0) is 45.0 Å². The van der Waals surface area contributed by atoms with E-state index in [1.54, 1.807) is 0 Å². The van der Waals surface area contributed by atoms with Crippen molar-refractivity contribution in [2.75, 3.05) is 36.4 Å². The molecule has 0 aromatic carbocycles. The molecule has 1 saturated heterocycles. The fourth-order valence-electron chi connectivity index (χ4n) is 3.39. The third-order valence-electron chi connectivity index (χ3n) is 4.59. The zero-order chi connectivity index (χ0) is 18.9. The second-order valence-corrected chi connectivity index (χ2v) is 7.97. The first kappa shape index (κ1) is 17.7. The Kier molecular flexibility index (Phi) is 4.66. The first-order chi connectivity index (χ1) is 13.0. The molecule has 6 nitrogen and oxygen atoms in total. The summed E-state index contributed by atoms with van der Waals surface area (Å²) in [5, 5.41) is 9.11. The predicted molar refractivity (Wildman–Crippen MR) is 111 cm³/mol. The zero-order valence-corrected chi connectivity index (χ0v) is 16.2. The van der Waals surface area contributed by atoms with E-state index in [-0.39, 0.29) is 5.54 Å². The lowest BCUT2D eigenvalue weighted by Crippen LogP contribution is -2.44.